The second-order valence-electron chi connectivity index (χ2n) is 7.84. The first kappa shape index (κ1) is 20.4. The summed E-state index contributed by atoms with van der Waals surface area (Å²) in [6.45, 7) is 8.03. The van der Waals surface area contributed by atoms with E-state index in [0.29, 0.717) is 32.0 Å². The molecule has 0 radical (unpaired) electrons. The summed E-state index contributed by atoms with van der Waals surface area (Å²) >= 11 is 0. The summed E-state index contributed by atoms with van der Waals surface area (Å²) in [4.78, 5) is 12.8. The van der Waals surface area contributed by atoms with E-state index in [2.05, 4.69) is 65.3 Å². The highest BCUT2D eigenvalue weighted by molar-refractivity contribution is 5.90. The number of benzene rings is 1. The Morgan fingerprint density at radius 2 is 2.25 bits per heavy atom. The first-order valence-electron chi connectivity index (χ1n) is 10.1. The molecule has 2 atom stereocenters. The van der Waals surface area contributed by atoms with Crippen LogP contribution in [0.4, 0.5) is 0 Å². The van der Waals surface area contributed by atoms with E-state index in [1.807, 2.05) is 6.92 Å². The molecule has 0 fully saturated rings. The van der Waals surface area contributed by atoms with Gasteiger partial charge in [-0.25, -0.2) is 0 Å². The van der Waals surface area contributed by atoms with Gasteiger partial charge >= 0.3 is 0 Å². The number of amides is 1. The number of nitrogens with one attached hydrogen (secondary N) is 2. The van der Waals surface area contributed by atoms with Crippen molar-refractivity contribution in [2.75, 3.05) is 20.3 Å². The van der Waals surface area contributed by atoms with Crippen molar-refractivity contribution < 1.29 is 9.53 Å². The minimum Gasteiger partial charge on any atom is -0.383 e. The standard InChI is InChI=1S/C23H31N3O2/c1-5-6-11-26-15-17-14-20(23(27)24-10-12-28-4)25-19(13-16(2)3)18-8-7-9-21(26)22(17)18/h7-9,15-16,19-20,25H,10-14H2,1-4H3,(H,24,27)/t19-,20-/m0/s1. The molecule has 1 amide bonds. The molecular formula is C23H31N3O2. The third kappa shape index (κ3) is 4.40. The molecule has 5 nitrogen and oxygen atoms in total. The molecule has 1 aromatic carbocycles. The van der Waals surface area contributed by atoms with Crippen LogP contribution in [0.15, 0.2) is 24.4 Å². The highest BCUT2D eigenvalue weighted by Gasteiger charge is 2.30. The van der Waals surface area contributed by atoms with Crippen LogP contribution in [0.3, 0.4) is 0 Å². The number of nitrogens with zero attached hydrogens (tertiary/aromatic N) is 1. The Morgan fingerprint density at radius 3 is 2.96 bits per heavy atom. The average Bonchev–Trinajstić information content (AvgIpc) is 2.94. The lowest BCUT2D eigenvalue weighted by molar-refractivity contribution is -0.123. The number of hydrogen-bond acceptors (Lipinski definition) is 3. The maximum Gasteiger partial charge on any atom is 0.237 e. The Bertz CT molecular complexity index is 888. The summed E-state index contributed by atoms with van der Waals surface area (Å²) in [5.41, 5.74) is 3.71. The van der Waals surface area contributed by atoms with E-state index in [-0.39, 0.29) is 18.0 Å². The van der Waals surface area contributed by atoms with Crippen molar-refractivity contribution in [1.82, 2.24) is 15.2 Å². The Labute approximate surface area is 167 Å². The van der Waals surface area contributed by atoms with Gasteiger partial charge in [0.2, 0.25) is 5.91 Å². The zero-order chi connectivity index (χ0) is 20.1. The van der Waals surface area contributed by atoms with Crippen LogP contribution < -0.4 is 10.6 Å². The third-order valence-electron chi connectivity index (χ3n) is 5.27. The van der Waals surface area contributed by atoms with Crippen molar-refractivity contribution in [2.24, 2.45) is 5.92 Å². The predicted molar refractivity (Wildman–Crippen MR) is 113 cm³/mol. The highest BCUT2D eigenvalue weighted by atomic mass is 16.5. The summed E-state index contributed by atoms with van der Waals surface area (Å²) in [5, 5.41) is 7.92. The van der Waals surface area contributed by atoms with Crippen molar-refractivity contribution in [2.45, 2.75) is 52.2 Å². The number of hydrogen-bond donors (Lipinski definition) is 2. The number of carbonyl (C=O) groups is 1. The zero-order valence-electron chi connectivity index (χ0n) is 17.3. The van der Waals surface area contributed by atoms with Crippen LogP contribution in [0.1, 0.15) is 44.4 Å². The van der Waals surface area contributed by atoms with Crippen LogP contribution in [0, 0.1) is 17.8 Å². The molecule has 1 aliphatic rings. The van der Waals surface area contributed by atoms with Crippen LogP contribution in [0.5, 0.6) is 0 Å². The second kappa shape index (κ2) is 9.27. The monoisotopic (exact) mass is 381 g/mol. The topological polar surface area (TPSA) is 55.3 Å². The Hall–Kier alpha value is -2.29. The molecule has 5 heteroatoms. The number of rotatable bonds is 7. The van der Waals surface area contributed by atoms with Gasteiger partial charge in [0.25, 0.3) is 0 Å². The molecule has 0 aliphatic carbocycles. The maximum atomic E-state index is 12.8. The third-order valence-corrected chi connectivity index (χ3v) is 5.27. The second-order valence-corrected chi connectivity index (χ2v) is 7.84. The average molecular weight is 382 g/mol. The fourth-order valence-corrected chi connectivity index (χ4v) is 4.05. The lowest BCUT2D eigenvalue weighted by Crippen LogP contribution is -2.47. The van der Waals surface area contributed by atoms with Crippen LogP contribution in [0.25, 0.3) is 10.9 Å². The Kier molecular flexibility index (Phi) is 6.77. The maximum absolute atomic E-state index is 12.8. The van der Waals surface area contributed by atoms with E-state index < -0.39 is 0 Å². The van der Waals surface area contributed by atoms with E-state index in [1.54, 1.807) is 7.11 Å². The minimum absolute atomic E-state index is 0.0351. The van der Waals surface area contributed by atoms with Crippen LogP contribution in [-0.2, 0) is 22.5 Å². The van der Waals surface area contributed by atoms with E-state index in [1.165, 1.54) is 22.0 Å². The number of carbonyl (C=O) groups excluding carboxylic acids is 1. The van der Waals surface area contributed by atoms with E-state index in [4.69, 9.17) is 4.74 Å². The highest BCUT2D eigenvalue weighted by Crippen LogP contribution is 2.35. The summed E-state index contributed by atoms with van der Waals surface area (Å²) in [7, 11) is 1.64. The first-order valence-corrected chi connectivity index (χ1v) is 10.1. The van der Waals surface area contributed by atoms with Gasteiger partial charge < -0.3 is 14.6 Å². The van der Waals surface area contributed by atoms with Crippen molar-refractivity contribution in [3.05, 3.63) is 35.5 Å². The van der Waals surface area contributed by atoms with Gasteiger partial charge in [-0.3, -0.25) is 10.1 Å². The van der Waals surface area contributed by atoms with Gasteiger partial charge in [-0.15, -0.1) is 5.92 Å². The lowest BCUT2D eigenvalue weighted by Gasteiger charge is -2.25. The molecule has 1 aliphatic heterocycles. The van der Waals surface area contributed by atoms with Crippen molar-refractivity contribution in [3.8, 4) is 11.8 Å². The molecule has 2 aromatic rings. The quantitative estimate of drug-likeness (QED) is 0.573. The minimum atomic E-state index is -0.260. The number of methoxy groups -OCH3 is 1. The van der Waals surface area contributed by atoms with Gasteiger partial charge in [-0.2, -0.15) is 0 Å². The first-order chi connectivity index (χ1) is 13.5. The Balaban J connectivity index is 2.00. The summed E-state index contributed by atoms with van der Waals surface area (Å²) < 4.78 is 7.28. The molecule has 1 aromatic heterocycles. The van der Waals surface area contributed by atoms with Crippen LogP contribution >= 0.6 is 0 Å². The molecular weight excluding hydrogens is 350 g/mol. The van der Waals surface area contributed by atoms with Crippen LogP contribution in [-0.4, -0.2) is 36.8 Å². The molecule has 0 bridgehead atoms. The predicted octanol–water partition coefficient (Wildman–Crippen LogP) is 3.03. The fourth-order valence-electron chi connectivity index (χ4n) is 4.05. The number of aromatic nitrogens is 1. The molecule has 28 heavy (non-hydrogen) atoms. The smallest absolute Gasteiger partial charge is 0.237 e. The molecule has 0 spiro atoms. The van der Waals surface area contributed by atoms with Gasteiger partial charge in [0.05, 0.1) is 19.2 Å². The van der Waals surface area contributed by atoms with Crippen molar-refractivity contribution in [3.63, 3.8) is 0 Å². The summed E-state index contributed by atoms with van der Waals surface area (Å²) in [6.07, 6.45) is 3.83. The molecule has 0 saturated heterocycles. The molecule has 150 valence electrons. The van der Waals surface area contributed by atoms with E-state index in [0.717, 1.165) is 6.42 Å². The molecule has 2 heterocycles. The largest absolute Gasteiger partial charge is 0.383 e. The lowest BCUT2D eigenvalue weighted by atomic mass is 9.94. The SMILES string of the molecule is CC#CCn1cc2c3c(cccc31)[C@H](CC(C)C)N[C@H](C(=O)NCCOC)C2. The Morgan fingerprint density at radius 1 is 1.43 bits per heavy atom. The molecule has 0 unspecified atom stereocenters. The summed E-state index contributed by atoms with van der Waals surface area (Å²) in [5.74, 6) is 6.71. The van der Waals surface area contributed by atoms with Crippen molar-refractivity contribution in [1.29, 1.82) is 0 Å². The van der Waals surface area contributed by atoms with E-state index >= 15 is 0 Å². The van der Waals surface area contributed by atoms with Gasteiger partial charge in [0, 0.05) is 36.8 Å². The summed E-state index contributed by atoms with van der Waals surface area (Å²) in [6, 6.07) is 6.36. The van der Waals surface area contributed by atoms with Gasteiger partial charge in [0.15, 0.2) is 0 Å². The zero-order valence-corrected chi connectivity index (χ0v) is 17.3. The normalized spacial score (nSPS) is 18.6. The van der Waals surface area contributed by atoms with Gasteiger partial charge in [0.1, 0.15) is 0 Å². The van der Waals surface area contributed by atoms with Gasteiger partial charge in [-0.1, -0.05) is 31.9 Å². The van der Waals surface area contributed by atoms with Crippen molar-refractivity contribution >= 4 is 16.8 Å². The molecule has 0 saturated carbocycles. The molecule has 2 N–H and O–H groups in total. The van der Waals surface area contributed by atoms with E-state index in [9.17, 15) is 4.79 Å². The van der Waals surface area contributed by atoms with Crippen LogP contribution in [0.2, 0.25) is 0 Å². The number of ether oxygens (including phenoxy) is 1. The van der Waals surface area contributed by atoms with Gasteiger partial charge in [-0.05, 0) is 42.9 Å². The molecule has 3 rings (SSSR count). The fraction of sp³-hybridized carbons (Fsp3) is 0.522.